The second-order valence-corrected chi connectivity index (χ2v) is 14.6. The third-order valence-electron chi connectivity index (χ3n) is 8.88. The first-order valence-corrected chi connectivity index (χ1v) is 16.1. The zero-order valence-electron chi connectivity index (χ0n) is 28.0. The molecule has 6 nitrogen and oxygen atoms in total. The van der Waals surface area contributed by atoms with Crippen LogP contribution in [0.15, 0.2) is 66.7 Å². The molecule has 5 rings (SSSR count). The number of aromatic hydroxyl groups is 1. The number of ether oxygens (including phenoxy) is 1. The Labute approximate surface area is 272 Å². The summed E-state index contributed by atoms with van der Waals surface area (Å²) in [6, 6.07) is 18.9. The quantitative estimate of drug-likeness (QED) is 0.0750. The van der Waals surface area contributed by atoms with Gasteiger partial charge >= 0.3 is 0 Å². The predicted molar refractivity (Wildman–Crippen MR) is 189 cm³/mol. The summed E-state index contributed by atoms with van der Waals surface area (Å²) in [4.78, 5) is 25.7. The topological polar surface area (TPSA) is 102 Å². The number of Topliss-reactive ketones (excluding diaryl/α,β-unsaturated/α-hetero) is 1. The smallest absolute Gasteiger partial charge is 0.168 e. The van der Waals surface area contributed by atoms with E-state index in [1.807, 2.05) is 49.4 Å². The van der Waals surface area contributed by atoms with Gasteiger partial charge in [0.1, 0.15) is 11.5 Å². The van der Waals surface area contributed by atoms with Crippen LogP contribution in [0.3, 0.4) is 0 Å². The lowest BCUT2D eigenvalue weighted by Crippen LogP contribution is -2.33. The first-order chi connectivity index (χ1) is 21.7. The maximum Gasteiger partial charge on any atom is 0.168 e. The minimum absolute atomic E-state index is 0.117. The van der Waals surface area contributed by atoms with Gasteiger partial charge in [-0.05, 0) is 81.5 Å². The van der Waals surface area contributed by atoms with Gasteiger partial charge in [-0.25, -0.2) is 0 Å². The lowest BCUT2D eigenvalue weighted by Gasteiger charge is -2.29. The van der Waals surface area contributed by atoms with Crippen LogP contribution >= 0.6 is 0 Å². The Kier molecular flexibility index (Phi) is 9.03. The number of aldehydes is 1. The van der Waals surface area contributed by atoms with Crippen molar-refractivity contribution in [3.63, 3.8) is 0 Å². The van der Waals surface area contributed by atoms with E-state index >= 15 is 0 Å². The highest BCUT2D eigenvalue weighted by Crippen LogP contribution is 2.40. The Bertz CT molecular complexity index is 1790. The molecule has 2 unspecified atom stereocenters. The van der Waals surface area contributed by atoms with E-state index in [4.69, 9.17) is 10.5 Å². The fraction of sp³-hybridized carbons (Fsp3) is 0.350. The molecular formula is C40H46N2O4. The average Bonchev–Trinajstić information content (AvgIpc) is 3.00. The fourth-order valence-corrected chi connectivity index (χ4v) is 6.17. The molecule has 0 aliphatic carbocycles. The van der Waals surface area contributed by atoms with Crippen molar-refractivity contribution in [2.45, 2.75) is 78.2 Å². The number of carbonyl (C=O) groups excluding carboxylic acids is 2. The van der Waals surface area contributed by atoms with Crippen molar-refractivity contribution in [1.82, 2.24) is 0 Å². The second-order valence-electron chi connectivity index (χ2n) is 14.6. The molecule has 0 radical (unpaired) electrons. The molecule has 0 saturated carbocycles. The number of rotatable bonds is 9. The Balaban J connectivity index is 1.30. The summed E-state index contributed by atoms with van der Waals surface area (Å²) in [5.74, 6) is 0.564. The van der Waals surface area contributed by atoms with E-state index in [-0.39, 0.29) is 22.7 Å². The van der Waals surface area contributed by atoms with Crippen molar-refractivity contribution >= 4 is 40.3 Å². The van der Waals surface area contributed by atoms with E-state index in [1.54, 1.807) is 18.2 Å². The number of benzene rings is 4. The maximum absolute atomic E-state index is 13.8. The van der Waals surface area contributed by atoms with Crippen LogP contribution in [0.2, 0.25) is 0 Å². The van der Waals surface area contributed by atoms with E-state index < -0.39 is 5.92 Å². The first-order valence-electron chi connectivity index (χ1n) is 16.1. The van der Waals surface area contributed by atoms with Crippen LogP contribution in [0.5, 0.6) is 11.5 Å². The highest BCUT2D eigenvalue weighted by molar-refractivity contribution is 6.08. The van der Waals surface area contributed by atoms with Crippen LogP contribution < -0.4 is 15.8 Å². The SMILES string of the molecule is CC(C(=O)c1cc2cc(N)ccc2cc1C=O)C1C=Cc2cccc(OCCCc3cc(C(C)(C)C)c(O)c(C(C)(C)C)c3)c2N1. The standard InChI is InChI=1S/C40H46N2O4/c1-24(37(44)31-22-28-21-30(41)15-13-27(28)20-29(31)23-43)34-16-14-26-11-8-12-35(36(26)42-34)46-17-9-10-25-18-32(39(2,3)4)38(45)33(19-25)40(5,6)7/h8,11-16,18-24,34,42,45H,9-10,17,41H2,1-7H3. The normalized spacial score (nSPS) is 15.2. The first kappa shape index (κ1) is 32.8. The van der Waals surface area contributed by atoms with Gasteiger partial charge in [0.15, 0.2) is 12.1 Å². The largest absolute Gasteiger partial charge is 0.507 e. The summed E-state index contributed by atoms with van der Waals surface area (Å²) in [7, 11) is 0. The number of phenolic OH excluding ortho intramolecular Hbond substituents is 1. The average molecular weight is 619 g/mol. The molecule has 0 bridgehead atoms. The Morgan fingerprint density at radius 1 is 0.978 bits per heavy atom. The monoisotopic (exact) mass is 618 g/mol. The van der Waals surface area contributed by atoms with Gasteiger partial charge in [0.05, 0.1) is 18.3 Å². The Hall–Kier alpha value is -4.58. The molecule has 0 aromatic heterocycles. The number of phenols is 1. The summed E-state index contributed by atoms with van der Waals surface area (Å²) >= 11 is 0. The van der Waals surface area contributed by atoms with Crippen LogP contribution in [-0.2, 0) is 17.3 Å². The van der Waals surface area contributed by atoms with Crippen LogP contribution in [0.25, 0.3) is 16.8 Å². The molecule has 0 amide bonds. The summed E-state index contributed by atoms with van der Waals surface area (Å²) in [5, 5.41) is 16.3. The van der Waals surface area contributed by atoms with Gasteiger partial charge < -0.3 is 20.9 Å². The zero-order valence-corrected chi connectivity index (χ0v) is 28.0. The summed E-state index contributed by atoms with van der Waals surface area (Å²) in [5.41, 5.74) is 12.0. The molecule has 4 aromatic rings. The molecule has 2 atom stereocenters. The van der Waals surface area contributed by atoms with E-state index in [9.17, 15) is 14.7 Å². The number of nitrogens with two attached hydrogens (primary N) is 1. The maximum atomic E-state index is 13.8. The second kappa shape index (κ2) is 12.7. The van der Waals surface area contributed by atoms with Gasteiger partial charge in [-0.2, -0.15) is 0 Å². The summed E-state index contributed by atoms with van der Waals surface area (Å²) in [6.45, 7) is 15.2. The minimum atomic E-state index is -0.446. The third kappa shape index (κ3) is 6.81. The van der Waals surface area contributed by atoms with Crippen LogP contribution in [0, 0.1) is 5.92 Å². The van der Waals surface area contributed by atoms with Crippen molar-refractivity contribution in [1.29, 1.82) is 0 Å². The van der Waals surface area contributed by atoms with Crippen molar-refractivity contribution in [3.05, 3.63) is 100 Å². The van der Waals surface area contributed by atoms with Crippen molar-refractivity contribution < 1.29 is 19.4 Å². The molecule has 46 heavy (non-hydrogen) atoms. The van der Waals surface area contributed by atoms with Gasteiger partial charge in [-0.1, -0.05) is 91.0 Å². The molecule has 1 heterocycles. The van der Waals surface area contributed by atoms with Crippen LogP contribution in [0.1, 0.15) is 97.9 Å². The highest BCUT2D eigenvalue weighted by atomic mass is 16.5. The molecule has 4 N–H and O–H groups in total. The van der Waals surface area contributed by atoms with E-state index in [0.29, 0.717) is 29.2 Å². The fourth-order valence-electron chi connectivity index (χ4n) is 6.17. The zero-order chi connectivity index (χ0) is 33.4. The number of hydrogen-bond acceptors (Lipinski definition) is 6. The van der Waals surface area contributed by atoms with Crippen molar-refractivity contribution in [3.8, 4) is 11.5 Å². The number of hydrogen-bond donors (Lipinski definition) is 3. The van der Waals surface area contributed by atoms with Crippen LogP contribution in [-0.4, -0.2) is 29.8 Å². The molecule has 0 saturated heterocycles. The van der Waals surface area contributed by atoms with Crippen LogP contribution in [0.4, 0.5) is 11.4 Å². The number of fused-ring (bicyclic) bond motifs is 2. The Morgan fingerprint density at radius 2 is 1.67 bits per heavy atom. The molecule has 240 valence electrons. The minimum Gasteiger partial charge on any atom is -0.507 e. The molecule has 1 aliphatic heterocycles. The number of ketones is 1. The van der Waals surface area contributed by atoms with Crippen molar-refractivity contribution in [2.24, 2.45) is 5.92 Å². The number of carbonyl (C=O) groups is 2. The summed E-state index contributed by atoms with van der Waals surface area (Å²) < 4.78 is 6.33. The van der Waals surface area contributed by atoms with Gasteiger partial charge in [0.25, 0.3) is 0 Å². The lowest BCUT2D eigenvalue weighted by molar-refractivity contribution is 0.0921. The molecular weight excluding hydrogens is 572 g/mol. The lowest BCUT2D eigenvalue weighted by atomic mass is 9.78. The third-order valence-corrected chi connectivity index (χ3v) is 8.88. The van der Waals surface area contributed by atoms with Crippen molar-refractivity contribution in [2.75, 3.05) is 17.7 Å². The van der Waals surface area contributed by atoms with Gasteiger partial charge in [-0.15, -0.1) is 0 Å². The molecule has 1 aliphatic rings. The molecule has 0 spiro atoms. The number of para-hydroxylation sites is 1. The van der Waals surface area contributed by atoms with E-state index in [1.165, 1.54) is 5.56 Å². The summed E-state index contributed by atoms with van der Waals surface area (Å²) in [6.07, 6.45) is 6.38. The molecule has 0 fully saturated rings. The van der Waals surface area contributed by atoms with Gasteiger partial charge in [-0.3, -0.25) is 9.59 Å². The number of aryl methyl sites for hydroxylation is 1. The number of nitrogen functional groups attached to an aromatic ring is 1. The number of nitrogens with one attached hydrogen (secondary N) is 1. The number of anilines is 2. The van der Waals surface area contributed by atoms with E-state index in [2.05, 4.69) is 59.0 Å². The predicted octanol–water partition coefficient (Wildman–Crippen LogP) is 8.87. The molecule has 4 aromatic carbocycles. The Morgan fingerprint density at radius 3 is 2.33 bits per heavy atom. The van der Waals surface area contributed by atoms with Gasteiger partial charge in [0.2, 0.25) is 0 Å². The van der Waals surface area contributed by atoms with Gasteiger partial charge in [0, 0.05) is 28.3 Å². The van der Waals surface area contributed by atoms with E-state index in [0.717, 1.165) is 58.0 Å². The highest BCUT2D eigenvalue weighted by Gasteiger charge is 2.29. The molecule has 6 heteroatoms.